The van der Waals surface area contributed by atoms with Gasteiger partial charge in [-0.2, -0.15) is 11.3 Å². The molecule has 1 aliphatic heterocycles. The van der Waals surface area contributed by atoms with Crippen LogP contribution < -0.4 is 10.6 Å². The van der Waals surface area contributed by atoms with Gasteiger partial charge in [0.1, 0.15) is 6.04 Å². The molecule has 0 unspecified atom stereocenters. The highest BCUT2D eigenvalue weighted by atomic mass is 32.1. The van der Waals surface area contributed by atoms with Crippen molar-refractivity contribution in [3.8, 4) is 0 Å². The van der Waals surface area contributed by atoms with Crippen LogP contribution in [0.25, 0.3) is 0 Å². The quantitative estimate of drug-likeness (QED) is 0.803. The van der Waals surface area contributed by atoms with Gasteiger partial charge >= 0.3 is 0 Å². The zero-order valence-corrected chi connectivity index (χ0v) is 13.4. The Kier molecular flexibility index (Phi) is 5.76. The first-order valence-electron chi connectivity index (χ1n) is 7.48. The number of hydrogen-bond acceptors (Lipinski definition) is 4. The van der Waals surface area contributed by atoms with E-state index in [2.05, 4.69) is 46.2 Å². The summed E-state index contributed by atoms with van der Waals surface area (Å²) in [5, 5.41) is 9.89. The van der Waals surface area contributed by atoms with Gasteiger partial charge in [-0.25, -0.2) is 0 Å². The third-order valence-electron chi connectivity index (χ3n) is 3.96. The first kappa shape index (κ1) is 16.0. The van der Waals surface area contributed by atoms with Gasteiger partial charge in [-0.3, -0.25) is 14.5 Å². The Balaban J connectivity index is 1.96. The largest absolute Gasteiger partial charge is 0.352 e. The number of carbonyl (C=O) groups is 2. The number of hydrogen-bond donors (Lipinski definition) is 2. The summed E-state index contributed by atoms with van der Waals surface area (Å²) >= 11 is 1.67. The second-order valence-corrected chi connectivity index (χ2v) is 5.98. The Morgan fingerprint density at radius 2 is 2.29 bits per heavy atom. The highest BCUT2D eigenvalue weighted by molar-refractivity contribution is 7.07. The second kappa shape index (κ2) is 7.56. The number of nitrogens with zero attached hydrogens (tertiary/aromatic N) is 1. The molecule has 6 heteroatoms. The molecule has 1 aromatic rings. The molecule has 1 aliphatic rings. The fourth-order valence-electron chi connectivity index (χ4n) is 2.72. The highest BCUT2D eigenvalue weighted by Crippen LogP contribution is 2.22. The molecule has 0 aromatic carbocycles. The van der Waals surface area contributed by atoms with E-state index in [9.17, 15) is 9.59 Å². The maximum atomic E-state index is 12.1. The van der Waals surface area contributed by atoms with Crippen molar-refractivity contribution < 1.29 is 9.59 Å². The number of likely N-dealkylation sites (N-methyl/N-ethyl adjacent to an activating group) is 1. The van der Waals surface area contributed by atoms with Crippen molar-refractivity contribution in [3.05, 3.63) is 22.4 Å². The number of carbonyl (C=O) groups excluding carboxylic acids is 2. The number of amides is 2. The summed E-state index contributed by atoms with van der Waals surface area (Å²) in [5.74, 6) is -0.110. The van der Waals surface area contributed by atoms with Crippen molar-refractivity contribution in [3.63, 3.8) is 0 Å². The van der Waals surface area contributed by atoms with Gasteiger partial charge in [-0.15, -0.1) is 0 Å². The highest BCUT2D eigenvalue weighted by Gasteiger charge is 2.28. The van der Waals surface area contributed by atoms with E-state index in [-0.39, 0.29) is 23.9 Å². The van der Waals surface area contributed by atoms with Gasteiger partial charge in [0.05, 0.1) is 6.04 Å². The molecule has 2 heterocycles. The number of rotatable bonds is 7. The molecular weight excluding hydrogens is 286 g/mol. The predicted octanol–water partition coefficient (Wildman–Crippen LogP) is 1.53. The van der Waals surface area contributed by atoms with E-state index in [0.29, 0.717) is 19.4 Å². The van der Waals surface area contributed by atoms with Gasteiger partial charge in [-0.05, 0) is 41.9 Å². The van der Waals surface area contributed by atoms with Crippen LogP contribution in [-0.2, 0) is 9.59 Å². The minimum Gasteiger partial charge on any atom is -0.352 e. The molecule has 21 heavy (non-hydrogen) atoms. The topological polar surface area (TPSA) is 61.4 Å². The van der Waals surface area contributed by atoms with Crippen LogP contribution in [0.3, 0.4) is 0 Å². The van der Waals surface area contributed by atoms with Crippen LogP contribution in [0.2, 0.25) is 0 Å². The summed E-state index contributed by atoms with van der Waals surface area (Å²) in [5.41, 5.74) is 1.24. The van der Waals surface area contributed by atoms with Crippen LogP contribution in [0.1, 0.15) is 38.3 Å². The monoisotopic (exact) mass is 309 g/mol. The van der Waals surface area contributed by atoms with E-state index in [1.807, 2.05) is 0 Å². The van der Waals surface area contributed by atoms with Crippen LogP contribution in [-0.4, -0.2) is 42.4 Å². The van der Waals surface area contributed by atoms with E-state index in [1.54, 1.807) is 11.3 Å². The van der Waals surface area contributed by atoms with E-state index < -0.39 is 0 Å². The summed E-state index contributed by atoms with van der Waals surface area (Å²) in [6.45, 7) is 6.70. The number of thiophene rings is 1. The van der Waals surface area contributed by atoms with Crippen molar-refractivity contribution in [1.82, 2.24) is 15.5 Å². The fourth-order valence-corrected chi connectivity index (χ4v) is 3.43. The third-order valence-corrected chi connectivity index (χ3v) is 4.66. The van der Waals surface area contributed by atoms with Crippen molar-refractivity contribution in [2.45, 2.75) is 38.8 Å². The summed E-state index contributed by atoms with van der Waals surface area (Å²) < 4.78 is 0. The maximum Gasteiger partial charge on any atom is 0.242 e. The summed E-state index contributed by atoms with van der Waals surface area (Å²) in [6.07, 6.45) is 1.04. The number of nitrogens with one attached hydrogen (secondary N) is 2. The fraction of sp³-hybridized carbons (Fsp3) is 0.600. The van der Waals surface area contributed by atoms with Crippen molar-refractivity contribution in [2.24, 2.45) is 0 Å². The molecular formula is C15H23N3O2S. The van der Waals surface area contributed by atoms with Crippen LogP contribution in [0.15, 0.2) is 16.8 Å². The first-order valence-corrected chi connectivity index (χ1v) is 8.43. The van der Waals surface area contributed by atoms with Crippen LogP contribution in [0.5, 0.6) is 0 Å². The Morgan fingerprint density at radius 3 is 2.81 bits per heavy atom. The second-order valence-electron chi connectivity index (χ2n) is 5.20. The lowest BCUT2D eigenvalue weighted by Gasteiger charge is -2.29. The van der Waals surface area contributed by atoms with Crippen LogP contribution >= 0.6 is 11.3 Å². The van der Waals surface area contributed by atoms with Gasteiger partial charge in [0, 0.05) is 13.0 Å². The molecule has 0 radical (unpaired) electrons. The van der Waals surface area contributed by atoms with Crippen molar-refractivity contribution >= 4 is 23.2 Å². The van der Waals surface area contributed by atoms with E-state index in [1.165, 1.54) is 5.56 Å². The molecule has 1 aromatic heterocycles. The first-order chi connectivity index (χ1) is 10.2. The lowest BCUT2D eigenvalue weighted by Crippen LogP contribution is -2.45. The summed E-state index contributed by atoms with van der Waals surface area (Å²) in [7, 11) is 0. The molecule has 2 N–H and O–H groups in total. The average Bonchev–Trinajstić information content (AvgIpc) is 3.14. The average molecular weight is 309 g/mol. The summed E-state index contributed by atoms with van der Waals surface area (Å²) in [4.78, 5) is 25.6. The standard InChI is InChI=1S/C15H23N3O2S/c1-3-18(4-2)13(11-7-8-21-10-11)9-16-15(20)12-5-6-14(19)17-12/h7-8,10,12-13H,3-6,9H2,1-2H3,(H,16,20)(H,17,19)/t12-,13-/m0/s1. The molecule has 5 nitrogen and oxygen atoms in total. The molecule has 0 saturated carbocycles. The van der Waals surface area contributed by atoms with E-state index >= 15 is 0 Å². The Hall–Kier alpha value is -1.40. The third kappa shape index (κ3) is 4.04. The SMILES string of the molecule is CCN(CC)[C@@H](CNC(=O)[C@@H]1CCC(=O)N1)c1ccsc1. The van der Waals surface area contributed by atoms with Gasteiger partial charge in [0.2, 0.25) is 11.8 Å². The minimum atomic E-state index is -0.364. The molecule has 2 atom stereocenters. The van der Waals surface area contributed by atoms with Crippen LogP contribution in [0.4, 0.5) is 0 Å². The van der Waals surface area contributed by atoms with Gasteiger partial charge in [0.15, 0.2) is 0 Å². The molecule has 0 spiro atoms. The molecule has 0 bridgehead atoms. The smallest absolute Gasteiger partial charge is 0.242 e. The molecule has 2 amide bonds. The molecule has 1 fully saturated rings. The minimum absolute atomic E-state index is 0.0340. The van der Waals surface area contributed by atoms with Gasteiger partial charge in [-0.1, -0.05) is 13.8 Å². The lowest BCUT2D eigenvalue weighted by molar-refractivity contribution is -0.125. The Bertz CT molecular complexity index is 471. The normalized spacial score (nSPS) is 19.6. The Labute approximate surface area is 129 Å². The zero-order valence-electron chi connectivity index (χ0n) is 12.6. The van der Waals surface area contributed by atoms with Crippen molar-refractivity contribution in [2.75, 3.05) is 19.6 Å². The maximum absolute atomic E-state index is 12.1. The van der Waals surface area contributed by atoms with Crippen LogP contribution in [0, 0.1) is 0 Å². The van der Waals surface area contributed by atoms with Gasteiger partial charge in [0.25, 0.3) is 0 Å². The molecule has 2 rings (SSSR count). The molecule has 1 saturated heterocycles. The summed E-state index contributed by atoms with van der Waals surface area (Å²) in [6, 6.07) is 1.93. The van der Waals surface area contributed by atoms with Crippen molar-refractivity contribution in [1.29, 1.82) is 0 Å². The van der Waals surface area contributed by atoms with E-state index in [4.69, 9.17) is 0 Å². The van der Waals surface area contributed by atoms with E-state index in [0.717, 1.165) is 13.1 Å². The zero-order chi connectivity index (χ0) is 15.2. The van der Waals surface area contributed by atoms with Gasteiger partial charge < -0.3 is 10.6 Å². The predicted molar refractivity (Wildman–Crippen MR) is 84.2 cm³/mol. The Morgan fingerprint density at radius 1 is 1.52 bits per heavy atom. The molecule has 116 valence electrons. The molecule has 0 aliphatic carbocycles. The lowest BCUT2D eigenvalue weighted by atomic mass is 10.1.